The molecule has 1 N–H and O–H groups in total. The van der Waals surface area contributed by atoms with Gasteiger partial charge in [0.2, 0.25) is 0 Å². The van der Waals surface area contributed by atoms with E-state index in [1.165, 1.54) is 0 Å². The number of piperidine rings is 1. The third-order valence-electron chi connectivity index (χ3n) is 2.36. The predicted octanol–water partition coefficient (Wildman–Crippen LogP) is 0.168. The molecule has 1 saturated heterocycles. The largest absolute Gasteiger partial charge is 0.315 e. The Kier molecular flexibility index (Phi) is 2.40. The molecule has 0 aromatic carbocycles. The zero-order valence-corrected chi connectivity index (χ0v) is 7.44. The van der Waals surface area contributed by atoms with Crippen molar-refractivity contribution in [1.82, 2.24) is 15.1 Å². The van der Waals surface area contributed by atoms with Crippen LogP contribution in [-0.4, -0.2) is 22.9 Å². The van der Waals surface area contributed by atoms with Gasteiger partial charge in [0.15, 0.2) is 0 Å². The number of aromatic nitrogens is 2. The van der Waals surface area contributed by atoms with Crippen molar-refractivity contribution in [2.45, 2.75) is 18.9 Å². The summed E-state index contributed by atoms with van der Waals surface area (Å²) in [7, 11) is 0. The lowest BCUT2D eigenvalue weighted by atomic mass is 10.1. The van der Waals surface area contributed by atoms with Crippen LogP contribution in [-0.2, 0) is 0 Å². The minimum atomic E-state index is -0.00352. The maximum atomic E-state index is 11.4. The second kappa shape index (κ2) is 3.70. The molecule has 2 heterocycles. The number of rotatable bonds is 1. The molecule has 1 fully saturated rings. The van der Waals surface area contributed by atoms with Crippen molar-refractivity contribution in [2.75, 3.05) is 13.1 Å². The van der Waals surface area contributed by atoms with Gasteiger partial charge in [0.1, 0.15) is 0 Å². The summed E-state index contributed by atoms with van der Waals surface area (Å²) in [5.41, 5.74) is -0.00352. The average molecular weight is 179 g/mol. The number of hydrogen-bond donors (Lipinski definition) is 1. The van der Waals surface area contributed by atoms with Crippen molar-refractivity contribution in [2.24, 2.45) is 0 Å². The molecule has 1 aromatic heterocycles. The van der Waals surface area contributed by atoms with Crippen molar-refractivity contribution in [1.29, 1.82) is 0 Å². The van der Waals surface area contributed by atoms with Crippen molar-refractivity contribution in [3.05, 3.63) is 28.7 Å². The normalized spacial score (nSPS) is 22.9. The molecule has 1 aliphatic heterocycles. The van der Waals surface area contributed by atoms with Crippen LogP contribution in [0.4, 0.5) is 0 Å². The summed E-state index contributed by atoms with van der Waals surface area (Å²) < 4.78 is 1.58. The maximum absolute atomic E-state index is 11.4. The van der Waals surface area contributed by atoms with E-state index in [0.717, 1.165) is 25.9 Å². The van der Waals surface area contributed by atoms with E-state index in [0.29, 0.717) is 0 Å². The maximum Gasteiger partial charge on any atom is 0.267 e. The Morgan fingerprint density at radius 2 is 2.54 bits per heavy atom. The van der Waals surface area contributed by atoms with Gasteiger partial charge in [0.05, 0.1) is 6.04 Å². The van der Waals surface area contributed by atoms with E-state index >= 15 is 0 Å². The van der Waals surface area contributed by atoms with Crippen molar-refractivity contribution in [3.63, 3.8) is 0 Å². The summed E-state index contributed by atoms with van der Waals surface area (Å²) in [6.45, 7) is 1.91. The molecule has 0 amide bonds. The van der Waals surface area contributed by atoms with E-state index in [2.05, 4.69) is 10.4 Å². The molecule has 13 heavy (non-hydrogen) atoms. The van der Waals surface area contributed by atoms with Crippen LogP contribution >= 0.6 is 0 Å². The highest BCUT2D eigenvalue weighted by Gasteiger charge is 2.15. The third-order valence-corrected chi connectivity index (χ3v) is 2.36. The second-order valence-electron chi connectivity index (χ2n) is 3.31. The van der Waals surface area contributed by atoms with E-state index in [9.17, 15) is 4.79 Å². The zero-order valence-electron chi connectivity index (χ0n) is 7.44. The molecule has 0 spiro atoms. The molecular weight excluding hydrogens is 166 g/mol. The van der Waals surface area contributed by atoms with Crippen molar-refractivity contribution < 1.29 is 0 Å². The number of hydrogen-bond acceptors (Lipinski definition) is 3. The topological polar surface area (TPSA) is 46.9 Å². The quantitative estimate of drug-likeness (QED) is 0.668. The van der Waals surface area contributed by atoms with Crippen LogP contribution in [0.15, 0.2) is 23.1 Å². The van der Waals surface area contributed by atoms with Gasteiger partial charge in [-0.3, -0.25) is 4.79 Å². The van der Waals surface area contributed by atoms with Crippen molar-refractivity contribution >= 4 is 0 Å². The van der Waals surface area contributed by atoms with Gasteiger partial charge in [-0.1, -0.05) is 0 Å². The Hall–Kier alpha value is -1.16. The molecule has 1 atom stereocenters. The van der Waals surface area contributed by atoms with Gasteiger partial charge in [0, 0.05) is 18.8 Å². The third kappa shape index (κ3) is 1.78. The summed E-state index contributed by atoms with van der Waals surface area (Å²) in [5.74, 6) is 0. The van der Waals surface area contributed by atoms with E-state index < -0.39 is 0 Å². The fourth-order valence-corrected chi connectivity index (χ4v) is 1.69. The summed E-state index contributed by atoms with van der Waals surface area (Å²) >= 11 is 0. The fraction of sp³-hybridized carbons (Fsp3) is 0.556. The molecule has 0 bridgehead atoms. The van der Waals surface area contributed by atoms with Crippen LogP contribution in [0.5, 0.6) is 0 Å². The van der Waals surface area contributed by atoms with Gasteiger partial charge in [-0.05, 0) is 25.5 Å². The standard InChI is InChI=1S/C9H13N3O/c13-9-4-2-6-11-12(9)8-3-1-5-10-7-8/h2,4,6,8,10H,1,3,5,7H2. The SMILES string of the molecule is O=c1cccnn1C1CCCNC1. The number of nitrogens with one attached hydrogen (secondary N) is 1. The Morgan fingerprint density at radius 1 is 1.62 bits per heavy atom. The lowest BCUT2D eigenvalue weighted by Gasteiger charge is -2.23. The first-order valence-corrected chi connectivity index (χ1v) is 4.62. The molecule has 1 aliphatic rings. The molecule has 1 aromatic rings. The molecule has 70 valence electrons. The Balaban J connectivity index is 2.24. The van der Waals surface area contributed by atoms with E-state index in [-0.39, 0.29) is 11.6 Å². The van der Waals surface area contributed by atoms with E-state index in [4.69, 9.17) is 0 Å². The van der Waals surface area contributed by atoms with Crippen molar-refractivity contribution in [3.8, 4) is 0 Å². The molecule has 4 heteroatoms. The Labute approximate surface area is 76.6 Å². The molecule has 0 aliphatic carbocycles. The first-order valence-electron chi connectivity index (χ1n) is 4.62. The van der Waals surface area contributed by atoms with Gasteiger partial charge in [-0.2, -0.15) is 5.10 Å². The summed E-state index contributed by atoms with van der Waals surface area (Å²) in [6.07, 6.45) is 3.83. The van der Waals surface area contributed by atoms with Crippen LogP contribution in [0.1, 0.15) is 18.9 Å². The molecule has 4 nitrogen and oxygen atoms in total. The number of nitrogens with zero attached hydrogens (tertiary/aromatic N) is 2. The fourth-order valence-electron chi connectivity index (χ4n) is 1.69. The predicted molar refractivity (Wildman–Crippen MR) is 49.6 cm³/mol. The van der Waals surface area contributed by atoms with E-state index in [1.807, 2.05) is 0 Å². The monoisotopic (exact) mass is 179 g/mol. The molecule has 0 radical (unpaired) electrons. The summed E-state index contributed by atoms with van der Waals surface area (Å²) in [5, 5.41) is 7.33. The summed E-state index contributed by atoms with van der Waals surface area (Å²) in [4.78, 5) is 11.4. The highest BCUT2D eigenvalue weighted by atomic mass is 16.1. The molecule has 2 rings (SSSR count). The second-order valence-corrected chi connectivity index (χ2v) is 3.31. The van der Waals surface area contributed by atoms with Crippen LogP contribution in [0, 0.1) is 0 Å². The first kappa shape index (κ1) is 8.44. The highest BCUT2D eigenvalue weighted by molar-refractivity contribution is 4.88. The van der Waals surface area contributed by atoms with Crippen LogP contribution < -0.4 is 10.9 Å². The Bertz CT molecular complexity index is 328. The van der Waals surface area contributed by atoms with Gasteiger partial charge < -0.3 is 5.32 Å². The van der Waals surface area contributed by atoms with Gasteiger partial charge in [-0.15, -0.1) is 0 Å². The van der Waals surface area contributed by atoms with Gasteiger partial charge in [-0.25, -0.2) is 4.68 Å². The minimum absolute atomic E-state index is 0.00352. The molecular formula is C9H13N3O. The minimum Gasteiger partial charge on any atom is -0.315 e. The van der Waals surface area contributed by atoms with Crippen LogP contribution in [0.3, 0.4) is 0 Å². The van der Waals surface area contributed by atoms with Gasteiger partial charge in [0.25, 0.3) is 5.56 Å². The Morgan fingerprint density at radius 3 is 3.23 bits per heavy atom. The molecule has 0 saturated carbocycles. The lowest BCUT2D eigenvalue weighted by Crippen LogP contribution is -2.37. The van der Waals surface area contributed by atoms with Crippen LogP contribution in [0.2, 0.25) is 0 Å². The molecule has 1 unspecified atom stereocenters. The first-order chi connectivity index (χ1) is 6.38. The van der Waals surface area contributed by atoms with E-state index in [1.54, 1.807) is 23.0 Å². The lowest BCUT2D eigenvalue weighted by molar-refractivity contribution is 0.335. The van der Waals surface area contributed by atoms with Crippen LogP contribution in [0.25, 0.3) is 0 Å². The highest BCUT2D eigenvalue weighted by Crippen LogP contribution is 2.12. The zero-order chi connectivity index (χ0) is 9.10. The average Bonchev–Trinajstić information content (AvgIpc) is 2.20. The summed E-state index contributed by atoms with van der Waals surface area (Å²) in [6, 6.07) is 3.47. The smallest absolute Gasteiger partial charge is 0.267 e. The van der Waals surface area contributed by atoms with Gasteiger partial charge >= 0.3 is 0 Å².